The van der Waals surface area contributed by atoms with Gasteiger partial charge in [0.05, 0.1) is 6.54 Å². The van der Waals surface area contributed by atoms with E-state index in [2.05, 4.69) is 10.1 Å². The van der Waals surface area contributed by atoms with Gasteiger partial charge in [-0.2, -0.15) is 4.98 Å². The summed E-state index contributed by atoms with van der Waals surface area (Å²) in [5, 5.41) is 14.9. The second-order valence-corrected chi connectivity index (χ2v) is 11.3. The van der Waals surface area contributed by atoms with Crippen LogP contribution in [0.25, 0.3) is 11.1 Å². The monoisotopic (exact) mass is 585 g/mol. The van der Waals surface area contributed by atoms with Crippen LogP contribution in [0.2, 0.25) is 0 Å². The Morgan fingerprint density at radius 3 is 2.24 bits per heavy atom. The fraction of sp³-hybridized carbons (Fsp3) is 0.242. The number of hydrogen-bond acceptors (Lipinski definition) is 6. The number of aliphatic hydroxyl groups excluding tert-OH is 1. The van der Waals surface area contributed by atoms with Crippen LogP contribution in [-0.4, -0.2) is 19.8 Å². The fourth-order valence-electron chi connectivity index (χ4n) is 5.37. The number of benzene rings is 3. The average Bonchev–Trinajstić information content (AvgIpc) is 3.67. The minimum Gasteiger partial charge on any atom is -0.388 e. The molecule has 0 spiro atoms. The minimum absolute atomic E-state index is 0.198. The van der Waals surface area contributed by atoms with E-state index in [9.17, 15) is 18.7 Å². The van der Waals surface area contributed by atoms with Gasteiger partial charge in [0.15, 0.2) is 10.9 Å². The molecule has 6 nitrogen and oxygen atoms in total. The molecule has 0 fully saturated rings. The van der Waals surface area contributed by atoms with Crippen molar-refractivity contribution in [3.05, 3.63) is 134 Å². The highest BCUT2D eigenvalue weighted by molar-refractivity contribution is 7.98. The van der Waals surface area contributed by atoms with Crippen LogP contribution in [0.5, 0.6) is 0 Å². The maximum absolute atomic E-state index is 13.4. The molecule has 1 N–H and O–H groups in total. The summed E-state index contributed by atoms with van der Waals surface area (Å²) >= 11 is 1.43. The van der Waals surface area contributed by atoms with Crippen LogP contribution in [-0.2, 0) is 44.8 Å². The molecule has 1 aliphatic carbocycles. The van der Waals surface area contributed by atoms with Crippen molar-refractivity contribution in [2.75, 3.05) is 0 Å². The van der Waals surface area contributed by atoms with Crippen LogP contribution < -0.4 is 5.56 Å². The van der Waals surface area contributed by atoms with E-state index in [-0.39, 0.29) is 18.0 Å². The predicted octanol–water partition coefficient (Wildman–Crippen LogP) is 6.42. The number of aliphatic hydroxyl groups is 1. The Labute approximate surface area is 246 Å². The van der Waals surface area contributed by atoms with Crippen LogP contribution in [0.3, 0.4) is 0 Å². The van der Waals surface area contributed by atoms with Crippen molar-refractivity contribution < 1.29 is 18.4 Å². The molecule has 0 atom stereocenters. The normalized spacial score (nSPS) is 12.5. The number of fused-ring (bicyclic) bond motifs is 1. The fourth-order valence-corrected chi connectivity index (χ4v) is 6.34. The molecule has 1 aliphatic rings. The molecule has 2 heterocycles. The third-order valence-corrected chi connectivity index (χ3v) is 8.71. The van der Waals surface area contributed by atoms with Crippen molar-refractivity contribution in [3.8, 4) is 11.1 Å². The van der Waals surface area contributed by atoms with Gasteiger partial charge < -0.3 is 14.2 Å². The Balaban J connectivity index is 1.28. The van der Waals surface area contributed by atoms with Crippen molar-refractivity contribution >= 4 is 11.8 Å². The lowest BCUT2D eigenvalue weighted by molar-refractivity contribution is 0.227. The molecular formula is C33H29F2N3O3S. The first-order valence-electron chi connectivity index (χ1n) is 13.8. The van der Waals surface area contributed by atoms with Gasteiger partial charge in [-0.05, 0) is 59.2 Å². The molecule has 9 heteroatoms. The van der Waals surface area contributed by atoms with Crippen molar-refractivity contribution in [1.82, 2.24) is 14.7 Å². The molecule has 0 radical (unpaired) electrons. The summed E-state index contributed by atoms with van der Waals surface area (Å²) < 4.78 is 33.9. The standard InChI is InChI=1S/C33H29F2N3O3S/c34-17-22-6-12-25(13-7-22)24-10-4-21(5-11-24)16-28-29(37-41-31(28)19-39)18-38-30-3-1-2-27(30)32(40)36-33(38)42-20-23-8-14-26(35)15-9-23/h4-15,39H,1-3,16-20H2. The zero-order chi connectivity index (χ0) is 29.1. The van der Waals surface area contributed by atoms with Gasteiger partial charge in [0.1, 0.15) is 24.8 Å². The highest BCUT2D eigenvalue weighted by Crippen LogP contribution is 2.29. The number of hydrogen-bond donors (Lipinski definition) is 1. The molecular weight excluding hydrogens is 556 g/mol. The SMILES string of the molecule is O=c1nc(SCc2ccc(F)cc2)n(Cc2noc(CO)c2Cc2ccc(-c3ccc(CF)cc3)cc2)c2c1CCC2. The number of aromatic nitrogens is 3. The Morgan fingerprint density at radius 1 is 0.905 bits per heavy atom. The van der Waals surface area contributed by atoms with Gasteiger partial charge in [-0.3, -0.25) is 4.79 Å². The lowest BCUT2D eigenvalue weighted by atomic mass is 9.99. The van der Waals surface area contributed by atoms with Crippen molar-refractivity contribution in [1.29, 1.82) is 0 Å². The van der Waals surface area contributed by atoms with E-state index >= 15 is 0 Å². The van der Waals surface area contributed by atoms with E-state index in [1.54, 1.807) is 24.3 Å². The Hall–Kier alpha value is -4.08. The van der Waals surface area contributed by atoms with Gasteiger partial charge >= 0.3 is 0 Å². The van der Waals surface area contributed by atoms with Crippen LogP contribution in [0.1, 0.15) is 51.4 Å². The number of rotatable bonds is 10. The Kier molecular flexibility index (Phi) is 8.30. The molecule has 42 heavy (non-hydrogen) atoms. The van der Waals surface area contributed by atoms with Gasteiger partial charge in [0.2, 0.25) is 0 Å². The smallest absolute Gasteiger partial charge is 0.277 e. The largest absolute Gasteiger partial charge is 0.388 e. The Bertz CT molecular complexity index is 1750. The first kappa shape index (κ1) is 28.1. The Morgan fingerprint density at radius 2 is 1.57 bits per heavy atom. The molecule has 0 bridgehead atoms. The molecule has 2 aromatic heterocycles. The molecule has 3 aromatic carbocycles. The zero-order valence-electron chi connectivity index (χ0n) is 22.9. The number of halogens is 2. The lowest BCUT2D eigenvalue weighted by Gasteiger charge is -2.17. The van der Waals surface area contributed by atoms with Crippen LogP contribution in [0.4, 0.5) is 8.78 Å². The molecule has 0 saturated carbocycles. The van der Waals surface area contributed by atoms with Gasteiger partial charge in [-0.1, -0.05) is 77.6 Å². The maximum Gasteiger partial charge on any atom is 0.277 e. The van der Waals surface area contributed by atoms with Gasteiger partial charge in [0, 0.05) is 29.0 Å². The minimum atomic E-state index is -0.486. The van der Waals surface area contributed by atoms with Gasteiger partial charge in [0.25, 0.3) is 5.56 Å². The van der Waals surface area contributed by atoms with Crippen molar-refractivity contribution in [2.45, 2.75) is 56.4 Å². The molecule has 0 amide bonds. The van der Waals surface area contributed by atoms with E-state index < -0.39 is 6.67 Å². The second kappa shape index (κ2) is 12.4. The molecule has 214 valence electrons. The topological polar surface area (TPSA) is 81.2 Å². The number of alkyl halides is 1. The summed E-state index contributed by atoms with van der Waals surface area (Å²) in [6.45, 7) is -0.423. The predicted molar refractivity (Wildman–Crippen MR) is 158 cm³/mol. The van der Waals surface area contributed by atoms with Crippen molar-refractivity contribution in [2.24, 2.45) is 0 Å². The number of nitrogens with zero attached hydrogens (tertiary/aromatic N) is 3. The molecule has 5 aromatic rings. The van der Waals surface area contributed by atoms with E-state index in [4.69, 9.17) is 4.52 Å². The number of thioether (sulfide) groups is 1. The highest BCUT2D eigenvalue weighted by atomic mass is 32.2. The third kappa shape index (κ3) is 5.93. The molecule has 0 unspecified atom stereocenters. The average molecular weight is 586 g/mol. The summed E-state index contributed by atoms with van der Waals surface area (Å²) in [5.41, 5.74) is 7.60. The van der Waals surface area contributed by atoms with Gasteiger partial charge in [-0.25, -0.2) is 8.78 Å². The van der Waals surface area contributed by atoms with Gasteiger partial charge in [-0.15, -0.1) is 0 Å². The summed E-state index contributed by atoms with van der Waals surface area (Å²) in [5.74, 6) is 0.639. The van der Waals surface area contributed by atoms with E-state index in [1.807, 2.05) is 41.0 Å². The van der Waals surface area contributed by atoms with Crippen LogP contribution >= 0.6 is 11.8 Å². The maximum atomic E-state index is 13.4. The first-order valence-corrected chi connectivity index (χ1v) is 14.8. The molecule has 0 aliphatic heterocycles. The summed E-state index contributed by atoms with van der Waals surface area (Å²) in [6, 6.07) is 21.8. The molecule has 0 saturated heterocycles. The van der Waals surface area contributed by atoms with E-state index in [1.165, 1.54) is 23.9 Å². The summed E-state index contributed by atoms with van der Waals surface area (Å²) in [4.78, 5) is 17.3. The third-order valence-electron chi connectivity index (χ3n) is 7.66. The summed E-state index contributed by atoms with van der Waals surface area (Å²) in [6.07, 6.45) is 2.85. The second-order valence-electron chi connectivity index (χ2n) is 10.4. The van der Waals surface area contributed by atoms with E-state index in [0.717, 1.165) is 51.9 Å². The highest BCUT2D eigenvalue weighted by Gasteiger charge is 2.24. The quantitative estimate of drug-likeness (QED) is 0.151. The van der Waals surface area contributed by atoms with Crippen LogP contribution in [0.15, 0.2) is 87.3 Å². The lowest BCUT2D eigenvalue weighted by Crippen LogP contribution is -2.22. The van der Waals surface area contributed by atoms with E-state index in [0.29, 0.717) is 47.3 Å². The zero-order valence-corrected chi connectivity index (χ0v) is 23.7. The van der Waals surface area contributed by atoms with Crippen LogP contribution in [0, 0.1) is 5.82 Å². The first-order chi connectivity index (χ1) is 20.5. The van der Waals surface area contributed by atoms with Crippen molar-refractivity contribution in [3.63, 3.8) is 0 Å². The molecule has 6 rings (SSSR count). The summed E-state index contributed by atoms with van der Waals surface area (Å²) in [7, 11) is 0.